The van der Waals surface area contributed by atoms with Crippen LogP contribution in [0.2, 0.25) is 5.02 Å². The first-order chi connectivity index (χ1) is 14.1. The van der Waals surface area contributed by atoms with Gasteiger partial charge in [-0.3, -0.25) is 9.59 Å². The Labute approximate surface area is 173 Å². The van der Waals surface area contributed by atoms with Crippen LogP contribution in [0.25, 0.3) is 0 Å². The van der Waals surface area contributed by atoms with Gasteiger partial charge in [0.15, 0.2) is 5.78 Å². The van der Waals surface area contributed by atoms with Gasteiger partial charge in [0.2, 0.25) is 5.88 Å². The number of methoxy groups -OCH3 is 1. The van der Waals surface area contributed by atoms with Crippen molar-refractivity contribution in [3.63, 3.8) is 0 Å². The maximum Gasteiger partial charge on any atom is 0.256 e. The minimum atomic E-state index is -0.405. The second kappa shape index (κ2) is 9.82. The highest BCUT2D eigenvalue weighted by Crippen LogP contribution is 2.19. The summed E-state index contributed by atoms with van der Waals surface area (Å²) in [6, 6.07) is 16.5. The van der Waals surface area contributed by atoms with E-state index in [1.54, 1.807) is 67.8 Å². The predicted molar refractivity (Wildman–Crippen MR) is 111 cm³/mol. The van der Waals surface area contributed by atoms with Crippen molar-refractivity contribution >= 4 is 29.0 Å². The molecule has 1 aromatic heterocycles. The monoisotopic (exact) mass is 410 g/mol. The third kappa shape index (κ3) is 5.40. The van der Waals surface area contributed by atoms with Gasteiger partial charge in [0.1, 0.15) is 6.61 Å². The van der Waals surface area contributed by atoms with Crippen LogP contribution < -0.4 is 10.1 Å². The summed E-state index contributed by atoms with van der Waals surface area (Å²) >= 11 is 5.88. The molecule has 0 saturated carbocycles. The second-order valence-electron chi connectivity index (χ2n) is 6.06. The van der Waals surface area contributed by atoms with Crippen LogP contribution >= 0.6 is 11.6 Å². The molecule has 0 radical (unpaired) electrons. The molecule has 0 unspecified atom stereocenters. The van der Waals surface area contributed by atoms with Crippen molar-refractivity contribution in [3.05, 3.63) is 88.6 Å². The number of carbonyl (C=O) groups is 2. The van der Waals surface area contributed by atoms with Gasteiger partial charge in [-0.05, 0) is 36.4 Å². The van der Waals surface area contributed by atoms with Crippen molar-refractivity contribution in [2.75, 3.05) is 25.6 Å². The summed E-state index contributed by atoms with van der Waals surface area (Å²) in [6.45, 7) is 0.841. The molecule has 0 aliphatic rings. The average molecular weight is 411 g/mol. The van der Waals surface area contributed by atoms with Gasteiger partial charge in [-0.15, -0.1) is 0 Å². The summed E-state index contributed by atoms with van der Waals surface area (Å²) in [6.07, 6.45) is 1.49. The van der Waals surface area contributed by atoms with Crippen molar-refractivity contribution in [1.82, 2.24) is 4.98 Å². The largest absolute Gasteiger partial charge is 0.475 e. The molecule has 0 fully saturated rings. The van der Waals surface area contributed by atoms with Crippen LogP contribution in [0, 0.1) is 0 Å². The smallest absolute Gasteiger partial charge is 0.256 e. The van der Waals surface area contributed by atoms with Crippen LogP contribution in [0.15, 0.2) is 66.9 Å². The standard InChI is InChI=1S/C22H19ClN2O4/c1-28-12-13-29-20-11-10-17(14-24-20)25-22(27)19-5-3-2-4-18(19)21(26)15-6-8-16(23)9-7-15/h2-11,14H,12-13H2,1H3,(H,25,27). The fraction of sp³-hybridized carbons (Fsp3) is 0.136. The SMILES string of the molecule is COCCOc1ccc(NC(=O)c2ccccc2C(=O)c2ccc(Cl)cc2)cn1. The number of ether oxygens (including phenoxy) is 2. The normalized spacial score (nSPS) is 10.4. The number of nitrogens with zero attached hydrogens (tertiary/aromatic N) is 1. The average Bonchev–Trinajstić information content (AvgIpc) is 2.75. The summed E-state index contributed by atoms with van der Waals surface area (Å²) < 4.78 is 10.3. The van der Waals surface area contributed by atoms with Gasteiger partial charge in [-0.25, -0.2) is 4.98 Å². The second-order valence-corrected chi connectivity index (χ2v) is 6.50. The topological polar surface area (TPSA) is 77.5 Å². The van der Waals surface area contributed by atoms with Crippen molar-refractivity contribution in [1.29, 1.82) is 0 Å². The van der Waals surface area contributed by atoms with E-state index in [-0.39, 0.29) is 11.3 Å². The van der Waals surface area contributed by atoms with Crippen LogP contribution in [0.3, 0.4) is 0 Å². The van der Waals surface area contributed by atoms with E-state index < -0.39 is 5.91 Å². The Morgan fingerprint density at radius 2 is 1.69 bits per heavy atom. The molecule has 0 aliphatic heterocycles. The van der Waals surface area contributed by atoms with Crippen LogP contribution in [0.5, 0.6) is 5.88 Å². The Morgan fingerprint density at radius 1 is 0.966 bits per heavy atom. The Bertz CT molecular complexity index is 988. The highest BCUT2D eigenvalue weighted by atomic mass is 35.5. The van der Waals surface area contributed by atoms with E-state index in [9.17, 15) is 9.59 Å². The van der Waals surface area contributed by atoms with Crippen LogP contribution in [0.4, 0.5) is 5.69 Å². The quantitative estimate of drug-likeness (QED) is 0.444. The molecular weight excluding hydrogens is 392 g/mol. The van der Waals surface area contributed by atoms with Gasteiger partial charge in [0, 0.05) is 29.3 Å². The summed E-state index contributed by atoms with van der Waals surface area (Å²) in [5, 5.41) is 3.29. The first kappa shape index (κ1) is 20.5. The third-order valence-electron chi connectivity index (χ3n) is 4.05. The first-order valence-corrected chi connectivity index (χ1v) is 9.24. The maximum absolute atomic E-state index is 12.8. The van der Waals surface area contributed by atoms with Gasteiger partial charge < -0.3 is 14.8 Å². The Morgan fingerprint density at radius 3 is 2.34 bits per heavy atom. The van der Waals surface area contributed by atoms with Gasteiger partial charge >= 0.3 is 0 Å². The number of ketones is 1. The van der Waals surface area contributed by atoms with Gasteiger partial charge in [-0.2, -0.15) is 0 Å². The Balaban J connectivity index is 1.74. The van der Waals surface area contributed by atoms with Crippen molar-refractivity contribution < 1.29 is 19.1 Å². The summed E-state index contributed by atoms with van der Waals surface area (Å²) in [5.74, 6) is -0.233. The number of aromatic nitrogens is 1. The lowest BCUT2D eigenvalue weighted by Gasteiger charge is -2.10. The number of amides is 1. The molecule has 6 nitrogen and oxygen atoms in total. The van der Waals surface area contributed by atoms with Crippen LogP contribution in [-0.4, -0.2) is 37.0 Å². The Hall–Kier alpha value is -3.22. The fourth-order valence-corrected chi connectivity index (χ4v) is 2.73. The zero-order chi connectivity index (χ0) is 20.6. The van der Waals surface area contributed by atoms with Crippen molar-refractivity contribution in [2.45, 2.75) is 0 Å². The molecule has 1 heterocycles. The van der Waals surface area contributed by atoms with E-state index in [0.717, 1.165) is 0 Å². The number of pyridine rings is 1. The van der Waals surface area contributed by atoms with Crippen molar-refractivity contribution in [3.8, 4) is 5.88 Å². The zero-order valence-corrected chi connectivity index (χ0v) is 16.5. The van der Waals surface area contributed by atoms with Gasteiger partial charge in [-0.1, -0.05) is 29.8 Å². The molecule has 1 amide bonds. The molecule has 2 aromatic carbocycles. The maximum atomic E-state index is 12.8. The van der Waals surface area contributed by atoms with E-state index in [1.165, 1.54) is 6.20 Å². The van der Waals surface area contributed by atoms with E-state index in [2.05, 4.69) is 10.3 Å². The summed E-state index contributed by atoms with van der Waals surface area (Å²) in [5.41, 5.74) is 1.52. The molecule has 1 N–H and O–H groups in total. The number of anilines is 1. The van der Waals surface area contributed by atoms with Gasteiger partial charge in [0.05, 0.1) is 24.1 Å². The fourth-order valence-electron chi connectivity index (χ4n) is 2.60. The number of hydrogen-bond donors (Lipinski definition) is 1. The van der Waals surface area contributed by atoms with E-state index in [4.69, 9.17) is 21.1 Å². The number of benzene rings is 2. The van der Waals surface area contributed by atoms with E-state index in [1.807, 2.05) is 0 Å². The predicted octanol–water partition coefficient (Wildman–Crippen LogP) is 4.24. The summed E-state index contributed by atoms with van der Waals surface area (Å²) in [7, 11) is 1.59. The minimum absolute atomic E-state index is 0.257. The molecular formula is C22H19ClN2O4. The lowest BCUT2D eigenvalue weighted by atomic mass is 9.98. The van der Waals surface area contributed by atoms with Crippen LogP contribution in [-0.2, 0) is 4.74 Å². The highest BCUT2D eigenvalue weighted by Gasteiger charge is 2.18. The Kier molecular flexibility index (Phi) is 6.94. The van der Waals surface area contributed by atoms with E-state index >= 15 is 0 Å². The molecule has 0 spiro atoms. The molecule has 0 bridgehead atoms. The lowest BCUT2D eigenvalue weighted by molar-refractivity contribution is 0.0996. The zero-order valence-electron chi connectivity index (χ0n) is 15.7. The van der Waals surface area contributed by atoms with Crippen LogP contribution in [0.1, 0.15) is 26.3 Å². The molecule has 0 aliphatic carbocycles. The lowest BCUT2D eigenvalue weighted by Crippen LogP contribution is -2.17. The number of nitrogens with one attached hydrogen (secondary N) is 1. The molecule has 7 heteroatoms. The number of carbonyl (C=O) groups excluding carboxylic acids is 2. The number of rotatable bonds is 8. The molecule has 0 atom stereocenters. The minimum Gasteiger partial charge on any atom is -0.475 e. The molecule has 29 heavy (non-hydrogen) atoms. The molecule has 0 saturated heterocycles. The number of hydrogen-bond acceptors (Lipinski definition) is 5. The summed E-state index contributed by atoms with van der Waals surface area (Å²) in [4.78, 5) is 29.7. The van der Waals surface area contributed by atoms with Crippen molar-refractivity contribution in [2.24, 2.45) is 0 Å². The van der Waals surface area contributed by atoms with Gasteiger partial charge in [0.25, 0.3) is 5.91 Å². The number of halogens is 1. The molecule has 3 aromatic rings. The highest BCUT2D eigenvalue weighted by molar-refractivity contribution is 6.30. The molecule has 3 rings (SSSR count). The third-order valence-corrected chi connectivity index (χ3v) is 4.31. The first-order valence-electron chi connectivity index (χ1n) is 8.87. The van der Waals surface area contributed by atoms with E-state index in [0.29, 0.717) is 40.9 Å². The molecule has 148 valence electrons.